The predicted molar refractivity (Wildman–Crippen MR) is 142 cm³/mol. The van der Waals surface area contributed by atoms with Crippen molar-refractivity contribution in [3.05, 3.63) is 77.3 Å². The number of benzene rings is 2. The zero-order chi connectivity index (χ0) is 29.0. The van der Waals surface area contributed by atoms with Gasteiger partial charge >= 0.3 is 0 Å². The Morgan fingerprint density at radius 1 is 1.12 bits per heavy atom. The average Bonchev–Trinajstić information content (AvgIpc) is 3.69. The second kappa shape index (κ2) is 10.6. The molecule has 1 saturated heterocycles. The lowest BCUT2D eigenvalue weighted by Gasteiger charge is -2.44. The van der Waals surface area contributed by atoms with E-state index in [0.717, 1.165) is 33.0 Å². The molecule has 0 saturated carbocycles. The molecule has 0 spiro atoms. The number of thiazole rings is 1. The molecule has 10 nitrogen and oxygen atoms in total. The van der Waals surface area contributed by atoms with Crippen molar-refractivity contribution in [2.75, 3.05) is 7.11 Å². The maximum atomic E-state index is 13.9. The molecule has 1 aliphatic heterocycles. The number of aliphatic hydroxyl groups is 2. The summed E-state index contributed by atoms with van der Waals surface area (Å²) in [5.74, 6) is -3.97. The van der Waals surface area contributed by atoms with Crippen LogP contribution in [0.5, 0.6) is 0 Å². The Hall–Kier alpha value is -3.69. The topological polar surface area (TPSA) is 120 Å². The summed E-state index contributed by atoms with van der Waals surface area (Å²) in [5, 5.41) is 35.9. The normalized spacial score (nSPS) is 23.8. The van der Waals surface area contributed by atoms with Crippen molar-refractivity contribution in [1.82, 2.24) is 29.5 Å². The smallest absolute Gasteiger partial charge is 0.194 e. The summed E-state index contributed by atoms with van der Waals surface area (Å²) in [5.41, 5.74) is 1.91. The van der Waals surface area contributed by atoms with Crippen molar-refractivity contribution >= 4 is 21.6 Å². The third kappa shape index (κ3) is 4.81. The van der Waals surface area contributed by atoms with Crippen molar-refractivity contribution in [3.63, 3.8) is 0 Å². The van der Waals surface area contributed by atoms with Crippen molar-refractivity contribution in [1.29, 1.82) is 0 Å². The highest BCUT2D eigenvalue weighted by Gasteiger charge is 2.50. The lowest BCUT2D eigenvalue weighted by Crippen LogP contribution is -2.56. The molecular weight excluding hydrogens is 561 g/mol. The van der Waals surface area contributed by atoms with Gasteiger partial charge in [-0.2, -0.15) is 5.10 Å². The number of fused-ring (bicyclic) bond motifs is 1. The standard InChI is InChI=1S/C27H25F3N6O4S/c1-12(37)24-25(39-3)22(36-10-15(9-32-36)14-6-17(28)21(30)18(29)7-14)23(38)26(40-24)27-34-31-11-35(27)16-4-5-19-20(8-16)41-13(2)33-19/h4-12,22-26,37-38H,1-3H3/t12?,22?,23?,24?,25-,26-/m1/s1. The third-order valence-electron chi connectivity index (χ3n) is 7.18. The van der Waals surface area contributed by atoms with Gasteiger partial charge in [-0.05, 0) is 49.7 Å². The molecule has 2 N–H and O–H groups in total. The molecular formula is C27H25F3N6O4S. The minimum atomic E-state index is -1.57. The molecule has 1 fully saturated rings. The van der Waals surface area contributed by atoms with Crippen LogP contribution in [-0.4, -0.2) is 71.3 Å². The highest BCUT2D eigenvalue weighted by molar-refractivity contribution is 7.18. The quantitative estimate of drug-likeness (QED) is 0.288. The summed E-state index contributed by atoms with van der Waals surface area (Å²) in [4.78, 5) is 4.49. The minimum Gasteiger partial charge on any atom is -0.391 e. The Morgan fingerprint density at radius 3 is 2.59 bits per heavy atom. The Kier molecular flexibility index (Phi) is 7.11. The predicted octanol–water partition coefficient (Wildman–Crippen LogP) is 3.90. The molecule has 4 heterocycles. The molecule has 4 unspecified atom stereocenters. The van der Waals surface area contributed by atoms with E-state index in [0.29, 0.717) is 0 Å². The van der Waals surface area contributed by atoms with Gasteiger partial charge in [-0.15, -0.1) is 21.5 Å². The van der Waals surface area contributed by atoms with E-state index in [9.17, 15) is 23.4 Å². The van der Waals surface area contributed by atoms with Crippen molar-refractivity contribution in [2.45, 2.75) is 50.4 Å². The molecule has 0 aliphatic carbocycles. The molecule has 3 aromatic heterocycles. The number of aryl methyl sites for hydroxylation is 1. The van der Waals surface area contributed by atoms with Crippen LogP contribution in [0, 0.1) is 24.4 Å². The molecule has 0 radical (unpaired) electrons. The lowest BCUT2D eigenvalue weighted by molar-refractivity contribution is -0.230. The third-order valence-corrected chi connectivity index (χ3v) is 8.12. The zero-order valence-electron chi connectivity index (χ0n) is 22.0. The second-order valence-electron chi connectivity index (χ2n) is 9.85. The van der Waals surface area contributed by atoms with Gasteiger partial charge in [0.2, 0.25) is 0 Å². The fourth-order valence-electron chi connectivity index (χ4n) is 5.26. The van der Waals surface area contributed by atoms with Crippen molar-refractivity contribution in [2.24, 2.45) is 0 Å². The summed E-state index contributed by atoms with van der Waals surface area (Å²) in [6.45, 7) is 3.46. The van der Waals surface area contributed by atoms with E-state index in [1.807, 2.05) is 25.1 Å². The van der Waals surface area contributed by atoms with Crippen LogP contribution in [0.3, 0.4) is 0 Å². The summed E-state index contributed by atoms with van der Waals surface area (Å²) in [6.07, 6.45) is -0.949. The van der Waals surface area contributed by atoms with Crippen LogP contribution in [0.25, 0.3) is 27.0 Å². The fraction of sp³-hybridized carbons (Fsp3) is 0.333. The van der Waals surface area contributed by atoms with E-state index in [4.69, 9.17) is 9.47 Å². The van der Waals surface area contributed by atoms with Gasteiger partial charge in [0.1, 0.15) is 36.8 Å². The molecule has 214 valence electrons. The van der Waals surface area contributed by atoms with Gasteiger partial charge in [0.25, 0.3) is 0 Å². The van der Waals surface area contributed by atoms with Crippen LogP contribution in [0.1, 0.15) is 29.9 Å². The summed E-state index contributed by atoms with van der Waals surface area (Å²) < 4.78 is 57.3. The first-order valence-electron chi connectivity index (χ1n) is 12.7. The largest absolute Gasteiger partial charge is 0.391 e. The van der Waals surface area contributed by atoms with E-state index < -0.39 is 54.0 Å². The van der Waals surface area contributed by atoms with E-state index in [-0.39, 0.29) is 17.0 Å². The molecule has 14 heteroatoms. The summed E-state index contributed by atoms with van der Waals surface area (Å²) >= 11 is 1.54. The maximum Gasteiger partial charge on any atom is 0.194 e. The first kappa shape index (κ1) is 27.5. The number of aliphatic hydroxyl groups excluding tert-OH is 2. The SMILES string of the molecule is CO[C@H]1C(C(C)O)O[C@@H](c2nncn2-c2ccc3nc(C)sc3c2)C(O)C1n1cc(-c2cc(F)c(F)c(F)c2)cn1. The first-order valence-corrected chi connectivity index (χ1v) is 13.5. The van der Waals surface area contributed by atoms with Crippen LogP contribution in [0.15, 0.2) is 49.1 Å². The Balaban J connectivity index is 1.40. The van der Waals surface area contributed by atoms with Crippen LogP contribution in [0.4, 0.5) is 13.2 Å². The molecule has 0 amide bonds. The maximum absolute atomic E-state index is 13.9. The van der Waals surface area contributed by atoms with Gasteiger partial charge in [0.05, 0.1) is 27.5 Å². The molecule has 1 aliphatic rings. The Morgan fingerprint density at radius 2 is 1.88 bits per heavy atom. The molecule has 6 atom stereocenters. The fourth-order valence-corrected chi connectivity index (χ4v) is 6.13. The lowest BCUT2D eigenvalue weighted by atomic mass is 9.89. The number of methoxy groups -OCH3 is 1. The summed E-state index contributed by atoms with van der Waals surface area (Å²) in [7, 11) is 1.41. The Labute approximate surface area is 235 Å². The number of hydrogen-bond donors (Lipinski definition) is 2. The van der Waals surface area contributed by atoms with Gasteiger partial charge < -0.3 is 19.7 Å². The van der Waals surface area contributed by atoms with Gasteiger partial charge in [-0.25, -0.2) is 18.2 Å². The molecule has 41 heavy (non-hydrogen) atoms. The molecule has 0 bridgehead atoms. The van der Waals surface area contributed by atoms with E-state index >= 15 is 0 Å². The summed E-state index contributed by atoms with van der Waals surface area (Å²) in [6, 6.07) is 6.46. The molecule has 2 aromatic carbocycles. The molecule has 5 aromatic rings. The average molecular weight is 587 g/mol. The number of aromatic nitrogens is 6. The zero-order valence-corrected chi connectivity index (χ0v) is 22.8. The highest BCUT2D eigenvalue weighted by Crippen LogP contribution is 2.41. The molecule has 6 rings (SSSR count). The highest BCUT2D eigenvalue weighted by atomic mass is 32.1. The second-order valence-corrected chi connectivity index (χ2v) is 11.1. The van der Waals surface area contributed by atoms with Crippen molar-refractivity contribution in [3.8, 4) is 16.8 Å². The van der Waals surface area contributed by atoms with Crippen LogP contribution in [-0.2, 0) is 9.47 Å². The van der Waals surface area contributed by atoms with Gasteiger partial charge in [-0.1, -0.05) is 0 Å². The van der Waals surface area contributed by atoms with Crippen LogP contribution in [0.2, 0.25) is 0 Å². The van der Waals surface area contributed by atoms with E-state index in [1.54, 1.807) is 4.57 Å². The Bertz CT molecular complexity index is 1700. The number of hydrogen-bond acceptors (Lipinski definition) is 9. The number of nitrogens with zero attached hydrogens (tertiary/aromatic N) is 6. The number of rotatable bonds is 6. The first-order chi connectivity index (χ1) is 19.7. The van der Waals surface area contributed by atoms with E-state index in [1.165, 1.54) is 48.8 Å². The van der Waals surface area contributed by atoms with E-state index in [2.05, 4.69) is 20.3 Å². The van der Waals surface area contributed by atoms with Crippen LogP contribution < -0.4 is 0 Å². The minimum absolute atomic E-state index is 0.0558. The number of ether oxygens (including phenoxy) is 2. The van der Waals surface area contributed by atoms with Gasteiger partial charge in [0.15, 0.2) is 23.3 Å². The monoisotopic (exact) mass is 586 g/mol. The van der Waals surface area contributed by atoms with Gasteiger partial charge in [-0.3, -0.25) is 9.25 Å². The van der Waals surface area contributed by atoms with Crippen LogP contribution >= 0.6 is 11.3 Å². The number of halogens is 3. The van der Waals surface area contributed by atoms with Gasteiger partial charge in [0, 0.05) is 24.6 Å². The van der Waals surface area contributed by atoms with Crippen molar-refractivity contribution < 1.29 is 32.9 Å².